The minimum Gasteiger partial charge on any atom is -0.382 e. The van der Waals surface area contributed by atoms with Crippen molar-refractivity contribution in [1.82, 2.24) is 5.48 Å². The van der Waals surface area contributed by atoms with Gasteiger partial charge in [0.25, 0.3) is 5.91 Å². The molecular formula is C8H12N2O3. The zero-order valence-corrected chi connectivity index (χ0v) is 7.50. The molecule has 0 aromatic heterocycles. The Morgan fingerprint density at radius 1 is 1.62 bits per heavy atom. The van der Waals surface area contributed by atoms with Crippen LogP contribution in [0.2, 0.25) is 0 Å². The van der Waals surface area contributed by atoms with Crippen molar-refractivity contribution in [2.45, 2.75) is 12.8 Å². The summed E-state index contributed by atoms with van der Waals surface area (Å²) >= 11 is 0. The van der Waals surface area contributed by atoms with Gasteiger partial charge in [-0.05, 0) is 12.8 Å². The van der Waals surface area contributed by atoms with Gasteiger partial charge in [0, 0.05) is 7.11 Å². The lowest BCUT2D eigenvalue weighted by Gasteiger charge is -2.07. The van der Waals surface area contributed by atoms with Crippen LogP contribution in [0.5, 0.6) is 0 Å². The molecule has 0 aromatic carbocycles. The van der Waals surface area contributed by atoms with E-state index in [1.807, 2.05) is 6.07 Å². The Hall–Kier alpha value is -1.12. The van der Waals surface area contributed by atoms with Crippen molar-refractivity contribution in [2.75, 3.05) is 20.3 Å². The van der Waals surface area contributed by atoms with Gasteiger partial charge in [0.15, 0.2) is 0 Å². The van der Waals surface area contributed by atoms with Gasteiger partial charge in [0.2, 0.25) is 0 Å². The van der Waals surface area contributed by atoms with E-state index in [0.29, 0.717) is 26.1 Å². The van der Waals surface area contributed by atoms with E-state index in [1.54, 1.807) is 7.11 Å². The van der Waals surface area contributed by atoms with E-state index in [1.165, 1.54) is 0 Å². The average molecular weight is 184 g/mol. The van der Waals surface area contributed by atoms with Crippen LogP contribution in [0.3, 0.4) is 0 Å². The molecule has 1 rings (SSSR count). The van der Waals surface area contributed by atoms with Gasteiger partial charge < -0.3 is 4.74 Å². The molecule has 1 N–H and O–H groups in total. The number of rotatable bonds is 5. The van der Waals surface area contributed by atoms with Gasteiger partial charge >= 0.3 is 0 Å². The van der Waals surface area contributed by atoms with Gasteiger partial charge in [-0.2, -0.15) is 5.26 Å². The number of hydrogen-bond acceptors (Lipinski definition) is 4. The maximum absolute atomic E-state index is 11.2. The van der Waals surface area contributed by atoms with Gasteiger partial charge in [-0.3, -0.25) is 9.63 Å². The summed E-state index contributed by atoms with van der Waals surface area (Å²) < 4.78 is 4.71. The molecule has 1 aliphatic rings. The predicted molar refractivity (Wildman–Crippen MR) is 43.3 cm³/mol. The lowest BCUT2D eigenvalue weighted by atomic mass is 10.1. The quantitative estimate of drug-likeness (QED) is 0.481. The molecule has 0 saturated heterocycles. The third-order valence-electron chi connectivity index (χ3n) is 1.95. The molecule has 0 spiro atoms. The number of ether oxygens (including phenoxy) is 1. The number of carbonyl (C=O) groups is 1. The van der Waals surface area contributed by atoms with Crippen LogP contribution in [-0.4, -0.2) is 26.2 Å². The van der Waals surface area contributed by atoms with Gasteiger partial charge in [0.1, 0.15) is 5.41 Å². The summed E-state index contributed by atoms with van der Waals surface area (Å²) in [4.78, 5) is 16.0. The van der Waals surface area contributed by atoms with Crippen LogP contribution < -0.4 is 5.48 Å². The zero-order valence-electron chi connectivity index (χ0n) is 7.50. The first kappa shape index (κ1) is 9.96. The fourth-order valence-electron chi connectivity index (χ4n) is 0.854. The number of methoxy groups -OCH3 is 1. The molecule has 0 aliphatic heterocycles. The van der Waals surface area contributed by atoms with Gasteiger partial charge in [-0.15, -0.1) is 0 Å². The topological polar surface area (TPSA) is 71.3 Å². The molecule has 0 atom stereocenters. The number of hydrogen-bond donors (Lipinski definition) is 1. The second-order valence-electron chi connectivity index (χ2n) is 2.97. The van der Waals surface area contributed by atoms with E-state index in [4.69, 9.17) is 14.8 Å². The summed E-state index contributed by atoms with van der Waals surface area (Å²) in [5.41, 5.74) is 1.42. The number of nitrogens with one attached hydrogen (secondary N) is 1. The predicted octanol–water partition coefficient (Wildman–Crippen LogP) is -0.0156. The monoisotopic (exact) mass is 184 g/mol. The maximum Gasteiger partial charge on any atom is 0.263 e. The van der Waals surface area contributed by atoms with Crippen LogP contribution in [0.25, 0.3) is 0 Å². The van der Waals surface area contributed by atoms with Crippen molar-refractivity contribution in [3.05, 3.63) is 0 Å². The van der Waals surface area contributed by atoms with E-state index < -0.39 is 5.41 Å². The summed E-state index contributed by atoms with van der Waals surface area (Å²) in [5, 5.41) is 8.64. The number of amides is 1. The average Bonchev–Trinajstić information content (AvgIpc) is 2.93. The number of nitriles is 1. The van der Waals surface area contributed by atoms with Gasteiger partial charge in [0.05, 0.1) is 19.3 Å². The Bertz CT molecular complexity index is 230. The number of hydroxylamine groups is 1. The summed E-state index contributed by atoms with van der Waals surface area (Å²) in [6.07, 6.45) is 1.26. The van der Waals surface area contributed by atoms with Crippen LogP contribution in [0.15, 0.2) is 0 Å². The molecule has 1 saturated carbocycles. The Labute approximate surface area is 76.6 Å². The standard InChI is InChI=1S/C8H12N2O3/c1-12-4-5-13-10-7(11)8(6-9)2-3-8/h2-5H2,1H3,(H,10,11). The zero-order chi connectivity index (χ0) is 9.73. The summed E-state index contributed by atoms with van der Waals surface area (Å²) in [5.74, 6) is -0.342. The summed E-state index contributed by atoms with van der Waals surface area (Å²) in [7, 11) is 1.54. The van der Waals surface area contributed by atoms with Crippen LogP contribution in [-0.2, 0) is 14.4 Å². The molecule has 1 amide bonds. The van der Waals surface area contributed by atoms with E-state index in [9.17, 15) is 4.79 Å². The van der Waals surface area contributed by atoms with Crippen LogP contribution in [0.1, 0.15) is 12.8 Å². The van der Waals surface area contributed by atoms with Crippen LogP contribution in [0.4, 0.5) is 0 Å². The minimum atomic E-state index is -0.812. The SMILES string of the molecule is COCCONC(=O)C1(C#N)CC1. The van der Waals surface area contributed by atoms with Crippen molar-refractivity contribution >= 4 is 5.91 Å². The first-order valence-corrected chi connectivity index (χ1v) is 4.07. The van der Waals surface area contributed by atoms with Crippen molar-refractivity contribution in [2.24, 2.45) is 5.41 Å². The molecule has 0 heterocycles. The molecule has 0 bridgehead atoms. The summed E-state index contributed by atoms with van der Waals surface area (Å²) in [6.45, 7) is 0.712. The Morgan fingerprint density at radius 2 is 2.31 bits per heavy atom. The molecule has 0 unspecified atom stereocenters. The number of nitrogens with zero attached hydrogens (tertiary/aromatic N) is 1. The van der Waals surface area contributed by atoms with Crippen LogP contribution >= 0.6 is 0 Å². The van der Waals surface area contributed by atoms with Crippen molar-refractivity contribution in [3.63, 3.8) is 0 Å². The lowest BCUT2D eigenvalue weighted by Crippen LogP contribution is -2.32. The van der Waals surface area contributed by atoms with E-state index in [-0.39, 0.29) is 5.91 Å². The lowest BCUT2D eigenvalue weighted by molar-refractivity contribution is -0.138. The van der Waals surface area contributed by atoms with Gasteiger partial charge in [-0.25, -0.2) is 5.48 Å². The maximum atomic E-state index is 11.2. The molecule has 5 heteroatoms. The molecule has 0 aromatic rings. The molecule has 1 fully saturated rings. The molecule has 1 aliphatic carbocycles. The third kappa shape index (κ3) is 2.41. The first-order chi connectivity index (χ1) is 6.25. The molecule has 13 heavy (non-hydrogen) atoms. The molecule has 72 valence electrons. The van der Waals surface area contributed by atoms with Crippen LogP contribution in [0, 0.1) is 16.7 Å². The minimum absolute atomic E-state index is 0.295. The first-order valence-electron chi connectivity index (χ1n) is 4.07. The second kappa shape index (κ2) is 4.21. The van der Waals surface area contributed by atoms with E-state index >= 15 is 0 Å². The molecular weight excluding hydrogens is 172 g/mol. The van der Waals surface area contributed by atoms with Crippen molar-refractivity contribution in [3.8, 4) is 6.07 Å². The molecule has 0 radical (unpaired) electrons. The highest BCUT2D eigenvalue weighted by Gasteiger charge is 2.50. The smallest absolute Gasteiger partial charge is 0.263 e. The van der Waals surface area contributed by atoms with Crippen molar-refractivity contribution in [1.29, 1.82) is 5.26 Å². The third-order valence-corrected chi connectivity index (χ3v) is 1.95. The number of carbonyl (C=O) groups excluding carboxylic acids is 1. The van der Waals surface area contributed by atoms with Crippen molar-refractivity contribution < 1.29 is 14.4 Å². The second-order valence-corrected chi connectivity index (χ2v) is 2.97. The largest absolute Gasteiger partial charge is 0.382 e. The Kier molecular flexibility index (Phi) is 3.23. The Balaban J connectivity index is 2.16. The molecule has 5 nitrogen and oxygen atoms in total. The highest BCUT2D eigenvalue weighted by molar-refractivity contribution is 5.87. The van der Waals surface area contributed by atoms with E-state index in [2.05, 4.69) is 5.48 Å². The fraction of sp³-hybridized carbons (Fsp3) is 0.750. The highest BCUT2D eigenvalue weighted by Crippen LogP contribution is 2.44. The normalized spacial score (nSPS) is 17.5. The highest BCUT2D eigenvalue weighted by atomic mass is 16.7. The fourth-order valence-corrected chi connectivity index (χ4v) is 0.854. The van der Waals surface area contributed by atoms with Gasteiger partial charge in [-0.1, -0.05) is 0 Å². The Morgan fingerprint density at radius 3 is 2.77 bits per heavy atom. The summed E-state index contributed by atoms with van der Waals surface area (Å²) in [6, 6.07) is 1.97. The van der Waals surface area contributed by atoms with E-state index in [0.717, 1.165) is 0 Å².